The zero-order valence-corrected chi connectivity index (χ0v) is 10.7. The molecule has 1 aromatic heterocycles. The number of methoxy groups -OCH3 is 1. The van der Waals surface area contributed by atoms with Gasteiger partial charge in [0.25, 0.3) is 5.91 Å². The van der Waals surface area contributed by atoms with Crippen molar-refractivity contribution >= 4 is 11.6 Å². The lowest BCUT2D eigenvalue weighted by molar-refractivity contribution is 0.0931. The minimum Gasteiger partial charge on any atom is -0.397 e. The molecule has 2 aromatic rings. The van der Waals surface area contributed by atoms with E-state index < -0.39 is 0 Å². The van der Waals surface area contributed by atoms with E-state index in [4.69, 9.17) is 10.5 Å². The van der Waals surface area contributed by atoms with Crippen LogP contribution in [0.25, 0.3) is 5.69 Å². The van der Waals surface area contributed by atoms with Crippen molar-refractivity contribution in [2.75, 3.05) is 26.0 Å². The fourth-order valence-corrected chi connectivity index (χ4v) is 1.63. The van der Waals surface area contributed by atoms with Crippen LogP contribution in [0.5, 0.6) is 0 Å². The van der Waals surface area contributed by atoms with Crippen LogP contribution in [-0.4, -0.2) is 35.9 Å². The Hall–Kier alpha value is -2.34. The quantitative estimate of drug-likeness (QED) is 0.616. The monoisotopic (exact) mass is 260 g/mol. The van der Waals surface area contributed by atoms with Gasteiger partial charge in [0.05, 0.1) is 18.0 Å². The lowest BCUT2D eigenvalue weighted by Gasteiger charge is -2.04. The first-order valence-electron chi connectivity index (χ1n) is 5.90. The summed E-state index contributed by atoms with van der Waals surface area (Å²) >= 11 is 0. The average molecular weight is 260 g/mol. The summed E-state index contributed by atoms with van der Waals surface area (Å²) in [6.45, 7) is 0.924. The van der Waals surface area contributed by atoms with Gasteiger partial charge >= 0.3 is 0 Å². The molecule has 1 amide bonds. The topological polar surface area (TPSA) is 82.2 Å². The van der Waals surface area contributed by atoms with Gasteiger partial charge < -0.3 is 15.8 Å². The van der Waals surface area contributed by atoms with Crippen LogP contribution in [0.4, 0.5) is 5.69 Å². The normalized spacial score (nSPS) is 10.4. The van der Waals surface area contributed by atoms with Crippen LogP contribution in [0.3, 0.4) is 0 Å². The van der Waals surface area contributed by atoms with Crippen molar-refractivity contribution in [3.8, 4) is 5.69 Å². The Morgan fingerprint density at radius 1 is 1.42 bits per heavy atom. The fraction of sp³-hybridized carbons (Fsp3) is 0.231. The highest BCUT2D eigenvalue weighted by molar-refractivity contribution is 5.92. The molecule has 0 bridgehead atoms. The first kappa shape index (κ1) is 13.1. The van der Waals surface area contributed by atoms with Crippen molar-refractivity contribution in [2.45, 2.75) is 0 Å². The largest absolute Gasteiger partial charge is 0.397 e. The number of nitrogen functional groups attached to an aromatic ring is 1. The molecular formula is C13H16N4O2. The Kier molecular flexibility index (Phi) is 4.15. The third-order valence-electron chi connectivity index (χ3n) is 2.60. The van der Waals surface area contributed by atoms with Gasteiger partial charge in [-0.15, -0.1) is 0 Å². The van der Waals surface area contributed by atoms with Crippen molar-refractivity contribution in [2.24, 2.45) is 0 Å². The van der Waals surface area contributed by atoms with Crippen LogP contribution in [0, 0.1) is 0 Å². The summed E-state index contributed by atoms with van der Waals surface area (Å²) in [7, 11) is 1.58. The molecule has 0 aliphatic carbocycles. The summed E-state index contributed by atoms with van der Waals surface area (Å²) in [6.07, 6.45) is 1.71. The van der Waals surface area contributed by atoms with Crippen molar-refractivity contribution in [1.82, 2.24) is 15.1 Å². The Labute approximate surface area is 111 Å². The number of nitrogens with zero attached hydrogens (tertiary/aromatic N) is 2. The molecule has 6 nitrogen and oxygen atoms in total. The van der Waals surface area contributed by atoms with Gasteiger partial charge in [0.1, 0.15) is 0 Å². The van der Waals surface area contributed by atoms with Crippen molar-refractivity contribution in [3.63, 3.8) is 0 Å². The lowest BCUT2D eigenvalue weighted by Crippen LogP contribution is -2.27. The highest BCUT2D eigenvalue weighted by atomic mass is 16.5. The molecule has 1 aromatic carbocycles. The number of hydrogen-bond acceptors (Lipinski definition) is 4. The molecule has 0 spiro atoms. The summed E-state index contributed by atoms with van der Waals surface area (Å²) in [5.74, 6) is -0.231. The number of benzene rings is 1. The maximum absolute atomic E-state index is 11.8. The third kappa shape index (κ3) is 3.11. The van der Waals surface area contributed by atoms with E-state index >= 15 is 0 Å². The number of hydrogen-bond donors (Lipinski definition) is 2. The van der Waals surface area contributed by atoms with Gasteiger partial charge in [-0.3, -0.25) is 4.79 Å². The van der Waals surface area contributed by atoms with Crippen molar-refractivity contribution in [3.05, 3.63) is 42.2 Å². The van der Waals surface area contributed by atoms with Gasteiger partial charge in [-0.25, -0.2) is 4.68 Å². The number of para-hydroxylation sites is 2. The number of carbonyl (C=O) groups excluding carboxylic acids is 1. The average Bonchev–Trinajstić information content (AvgIpc) is 2.89. The van der Waals surface area contributed by atoms with Gasteiger partial charge in [0.15, 0.2) is 5.69 Å². The van der Waals surface area contributed by atoms with E-state index in [1.54, 1.807) is 30.1 Å². The zero-order chi connectivity index (χ0) is 13.7. The van der Waals surface area contributed by atoms with Crippen LogP contribution in [0.2, 0.25) is 0 Å². The Bertz CT molecular complexity index is 565. The lowest BCUT2D eigenvalue weighted by atomic mass is 10.3. The molecule has 0 atom stereocenters. The summed E-state index contributed by atoms with van der Waals surface area (Å²) in [6, 6.07) is 8.99. The van der Waals surface area contributed by atoms with Crippen LogP contribution in [0.1, 0.15) is 10.5 Å². The summed E-state index contributed by atoms with van der Waals surface area (Å²) < 4.78 is 6.45. The van der Waals surface area contributed by atoms with Gasteiger partial charge in [-0.2, -0.15) is 5.10 Å². The smallest absolute Gasteiger partial charge is 0.271 e. The highest BCUT2D eigenvalue weighted by Crippen LogP contribution is 2.15. The Balaban J connectivity index is 2.11. The molecule has 2 rings (SSSR count). The Morgan fingerprint density at radius 3 is 2.95 bits per heavy atom. The summed E-state index contributed by atoms with van der Waals surface area (Å²) in [4.78, 5) is 11.8. The molecule has 3 N–H and O–H groups in total. The zero-order valence-electron chi connectivity index (χ0n) is 10.7. The number of nitrogens with one attached hydrogen (secondary N) is 1. The third-order valence-corrected chi connectivity index (χ3v) is 2.60. The molecule has 0 radical (unpaired) electrons. The van der Waals surface area contributed by atoms with Gasteiger partial charge in [-0.05, 0) is 18.2 Å². The number of ether oxygens (including phenoxy) is 1. The van der Waals surface area contributed by atoms with Gasteiger partial charge in [0, 0.05) is 19.9 Å². The molecule has 19 heavy (non-hydrogen) atoms. The van der Waals surface area contributed by atoms with Crippen LogP contribution in [-0.2, 0) is 4.74 Å². The number of amides is 1. The van der Waals surface area contributed by atoms with Crippen molar-refractivity contribution < 1.29 is 9.53 Å². The molecule has 0 saturated carbocycles. The molecule has 1 heterocycles. The predicted molar refractivity (Wildman–Crippen MR) is 72.2 cm³/mol. The maximum Gasteiger partial charge on any atom is 0.271 e. The highest BCUT2D eigenvalue weighted by Gasteiger charge is 2.10. The van der Waals surface area contributed by atoms with E-state index in [0.29, 0.717) is 24.5 Å². The minimum atomic E-state index is -0.231. The number of anilines is 1. The maximum atomic E-state index is 11.8. The first-order valence-corrected chi connectivity index (χ1v) is 5.90. The molecule has 0 saturated heterocycles. The number of carbonyl (C=O) groups is 1. The van der Waals surface area contributed by atoms with Crippen LogP contribution >= 0.6 is 0 Å². The van der Waals surface area contributed by atoms with E-state index in [1.807, 2.05) is 18.2 Å². The van der Waals surface area contributed by atoms with Crippen LogP contribution in [0.15, 0.2) is 36.5 Å². The number of rotatable bonds is 5. The number of nitrogens with two attached hydrogens (primary N) is 1. The molecule has 6 heteroatoms. The summed E-state index contributed by atoms with van der Waals surface area (Å²) in [5.41, 5.74) is 7.56. The number of aromatic nitrogens is 2. The SMILES string of the molecule is COCCNC(=O)c1ccn(-c2ccccc2N)n1. The minimum absolute atomic E-state index is 0.231. The Morgan fingerprint density at radius 2 is 2.21 bits per heavy atom. The second kappa shape index (κ2) is 6.01. The molecular weight excluding hydrogens is 244 g/mol. The second-order valence-corrected chi connectivity index (χ2v) is 3.95. The predicted octanol–water partition coefficient (Wildman–Crippen LogP) is 0.831. The van der Waals surface area contributed by atoms with E-state index in [2.05, 4.69) is 10.4 Å². The van der Waals surface area contributed by atoms with E-state index in [0.717, 1.165) is 5.69 Å². The fourth-order valence-electron chi connectivity index (χ4n) is 1.63. The second-order valence-electron chi connectivity index (χ2n) is 3.95. The molecule has 0 aliphatic rings. The molecule has 0 aliphatic heterocycles. The van der Waals surface area contributed by atoms with E-state index in [1.165, 1.54) is 0 Å². The van der Waals surface area contributed by atoms with Gasteiger partial charge in [0.2, 0.25) is 0 Å². The van der Waals surface area contributed by atoms with E-state index in [-0.39, 0.29) is 5.91 Å². The first-order chi connectivity index (χ1) is 9.22. The molecule has 0 unspecified atom stereocenters. The van der Waals surface area contributed by atoms with Gasteiger partial charge in [-0.1, -0.05) is 12.1 Å². The van der Waals surface area contributed by atoms with Crippen LogP contribution < -0.4 is 11.1 Å². The standard InChI is InChI=1S/C13H16N4O2/c1-19-9-7-15-13(18)11-6-8-17(16-11)12-5-3-2-4-10(12)14/h2-6,8H,7,9,14H2,1H3,(H,15,18). The van der Waals surface area contributed by atoms with E-state index in [9.17, 15) is 4.79 Å². The summed E-state index contributed by atoms with van der Waals surface area (Å²) in [5, 5.41) is 6.91. The molecule has 100 valence electrons. The molecule has 0 fully saturated rings. The van der Waals surface area contributed by atoms with Crippen molar-refractivity contribution in [1.29, 1.82) is 0 Å².